The Morgan fingerprint density at radius 3 is 1.36 bits per heavy atom. The van der Waals surface area contributed by atoms with E-state index in [4.69, 9.17) is 18.9 Å². The second kappa shape index (κ2) is 19.0. The van der Waals surface area contributed by atoms with Crippen molar-refractivity contribution in [2.75, 3.05) is 39.9 Å². The average Bonchev–Trinajstić information content (AvgIpc) is 2.55. The van der Waals surface area contributed by atoms with Gasteiger partial charge in [-0.25, -0.2) is 0 Å². The highest BCUT2D eigenvalue weighted by molar-refractivity contribution is 9.26. The topological polar surface area (TPSA) is 36.9 Å². The molecule has 0 rings (SSSR count). The fourth-order valence-electron chi connectivity index (χ4n) is 1.72. The first-order valence-corrected chi connectivity index (χ1v) is 16.3. The number of rotatable bonds is 17. The van der Waals surface area contributed by atoms with Crippen LogP contribution >= 0.6 is 41.2 Å². The van der Waals surface area contributed by atoms with Crippen LogP contribution in [0.25, 0.3) is 0 Å². The van der Waals surface area contributed by atoms with Crippen LogP contribution in [0.15, 0.2) is 0 Å². The lowest BCUT2D eigenvalue weighted by Gasteiger charge is -2.12. The van der Waals surface area contributed by atoms with E-state index in [0.29, 0.717) is 0 Å². The highest BCUT2D eigenvalue weighted by Gasteiger charge is 2.05. The first kappa shape index (κ1) is 23.7. The third-order valence-corrected chi connectivity index (χ3v) is 13.7. The van der Waals surface area contributed by atoms with Crippen LogP contribution in [0.4, 0.5) is 0 Å². The highest BCUT2D eigenvalue weighted by Crippen LogP contribution is 2.43. The minimum Gasteiger partial charge on any atom is -0.360 e. The van der Waals surface area contributed by atoms with Crippen LogP contribution in [-0.4, -0.2) is 70.8 Å². The van der Waals surface area contributed by atoms with E-state index >= 15 is 0 Å². The van der Waals surface area contributed by atoms with Gasteiger partial charge in [-0.1, -0.05) is 33.7 Å². The van der Waals surface area contributed by atoms with E-state index in [9.17, 15) is 0 Å². The van der Waals surface area contributed by atoms with Gasteiger partial charge in [0.25, 0.3) is 0 Å². The Hall–Kier alpha value is 1.67. The molecule has 0 spiro atoms. The quantitative estimate of drug-likeness (QED) is 0.153. The van der Waals surface area contributed by atoms with E-state index in [1.807, 2.05) is 41.2 Å². The molecule has 0 aromatic rings. The summed E-state index contributed by atoms with van der Waals surface area (Å²) in [5.74, 6) is 2.65. The molecule has 0 atom stereocenters. The molecule has 0 amide bonds. The Kier molecular flexibility index (Phi) is 20.5. The second-order valence-electron chi connectivity index (χ2n) is 4.57. The van der Waals surface area contributed by atoms with Gasteiger partial charge >= 0.3 is 0 Å². The van der Waals surface area contributed by atoms with Crippen molar-refractivity contribution in [2.24, 2.45) is 0 Å². The summed E-state index contributed by atoms with van der Waals surface area (Å²) >= 11 is 0. The summed E-state index contributed by atoms with van der Waals surface area (Å²) in [4.78, 5) is 0. The Morgan fingerprint density at radius 1 is 0.682 bits per heavy atom. The smallest absolute Gasteiger partial charge is 0.134 e. The number of hydrogen-bond donors (Lipinski definition) is 0. The van der Waals surface area contributed by atoms with Crippen LogP contribution in [0.2, 0.25) is 12.1 Å². The zero-order valence-corrected chi connectivity index (χ0v) is 20.2. The first-order valence-electron chi connectivity index (χ1n) is 7.47. The van der Waals surface area contributed by atoms with Crippen LogP contribution in [0.1, 0.15) is 12.8 Å². The standard InChI is InChI=1S/C12H30O4S4Si2/c1-13-11(14-2)21-9-5-7-17-19-20-18-8-6-10-22-12(15-3)16-4/h11-12H,5-10,21-22H2,1-4H3. The maximum atomic E-state index is 5.23. The van der Waals surface area contributed by atoms with Gasteiger partial charge in [-0.2, -0.15) is 0 Å². The fraction of sp³-hybridized carbons (Fsp3) is 1.00. The van der Waals surface area contributed by atoms with E-state index < -0.39 is 0 Å². The summed E-state index contributed by atoms with van der Waals surface area (Å²) in [5.41, 5.74) is 0. The third-order valence-electron chi connectivity index (χ3n) is 3.01. The highest BCUT2D eigenvalue weighted by atomic mass is 33.7. The van der Waals surface area contributed by atoms with E-state index in [1.165, 1.54) is 36.4 Å². The lowest BCUT2D eigenvalue weighted by Crippen LogP contribution is -2.21. The molecule has 0 aromatic carbocycles. The van der Waals surface area contributed by atoms with Crippen molar-refractivity contribution in [1.29, 1.82) is 0 Å². The van der Waals surface area contributed by atoms with Gasteiger partial charge in [-0.15, -0.1) is 0 Å². The van der Waals surface area contributed by atoms with Gasteiger partial charge in [0.2, 0.25) is 0 Å². The first-order chi connectivity index (χ1) is 10.8. The van der Waals surface area contributed by atoms with Gasteiger partial charge in [0, 0.05) is 39.9 Å². The molecule has 0 aliphatic rings. The number of methoxy groups -OCH3 is 4. The molecule has 0 saturated heterocycles. The molecule has 0 radical (unpaired) electrons. The largest absolute Gasteiger partial charge is 0.360 e. The minimum atomic E-state index is -0.235. The fourth-order valence-corrected chi connectivity index (χ4v) is 11.4. The summed E-state index contributed by atoms with van der Waals surface area (Å²) < 4.78 is 20.9. The van der Waals surface area contributed by atoms with Crippen molar-refractivity contribution in [3.05, 3.63) is 0 Å². The zero-order valence-electron chi connectivity index (χ0n) is 14.1. The van der Waals surface area contributed by atoms with Gasteiger partial charge in [0.05, 0.1) is 19.0 Å². The van der Waals surface area contributed by atoms with Gasteiger partial charge in [-0.3, -0.25) is 0 Å². The van der Waals surface area contributed by atoms with Gasteiger partial charge in [0.15, 0.2) is 0 Å². The molecular weight excluding hydrogens is 393 g/mol. The zero-order chi connectivity index (χ0) is 16.5. The van der Waals surface area contributed by atoms with Crippen molar-refractivity contribution < 1.29 is 18.9 Å². The number of ether oxygens (including phenoxy) is 4. The third kappa shape index (κ3) is 15.2. The predicted molar refractivity (Wildman–Crippen MR) is 112 cm³/mol. The molecule has 0 heterocycles. The molecule has 0 N–H and O–H groups in total. The Bertz CT molecular complexity index is 203. The van der Waals surface area contributed by atoms with E-state index in [0.717, 1.165) is 0 Å². The lowest BCUT2D eigenvalue weighted by atomic mass is 10.6. The van der Waals surface area contributed by atoms with Crippen molar-refractivity contribution >= 4 is 60.3 Å². The van der Waals surface area contributed by atoms with E-state index in [1.54, 1.807) is 28.4 Å². The van der Waals surface area contributed by atoms with Crippen LogP contribution < -0.4 is 0 Å². The van der Waals surface area contributed by atoms with Crippen molar-refractivity contribution in [3.63, 3.8) is 0 Å². The average molecular weight is 423 g/mol. The van der Waals surface area contributed by atoms with E-state index in [2.05, 4.69) is 0 Å². The Labute approximate surface area is 155 Å². The lowest BCUT2D eigenvalue weighted by molar-refractivity contribution is -0.0442. The summed E-state index contributed by atoms with van der Waals surface area (Å²) in [6.07, 6.45) is 2.55. The van der Waals surface area contributed by atoms with Crippen LogP contribution in [0.5, 0.6) is 0 Å². The molecule has 0 fully saturated rings. The summed E-state index contributed by atoms with van der Waals surface area (Å²) in [5, 5.41) is 0. The molecular formula is C12H30O4S4Si2. The minimum absolute atomic E-state index is 0.0990. The molecule has 0 aliphatic heterocycles. The number of hydrogen-bond acceptors (Lipinski definition) is 8. The van der Waals surface area contributed by atoms with Gasteiger partial charge in [-0.05, 0) is 32.5 Å². The molecule has 22 heavy (non-hydrogen) atoms. The molecule has 0 aromatic heterocycles. The molecule has 0 aliphatic carbocycles. The van der Waals surface area contributed by atoms with Crippen LogP contribution in [0.3, 0.4) is 0 Å². The SMILES string of the molecule is COC(OC)[SiH2]CCCSSSSCCC[SiH2]C(OC)OC. The molecule has 134 valence electrons. The predicted octanol–water partition coefficient (Wildman–Crippen LogP) is 2.77. The Balaban J connectivity index is 3.14. The Morgan fingerprint density at radius 2 is 1.05 bits per heavy atom. The van der Waals surface area contributed by atoms with Crippen molar-refractivity contribution in [3.8, 4) is 0 Å². The van der Waals surface area contributed by atoms with Crippen LogP contribution in [-0.2, 0) is 18.9 Å². The van der Waals surface area contributed by atoms with E-state index in [-0.39, 0.29) is 30.9 Å². The summed E-state index contributed by atoms with van der Waals surface area (Å²) in [6.45, 7) is 0. The molecule has 4 nitrogen and oxygen atoms in total. The maximum absolute atomic E-state index is 5.23. The summed E-state index contributed by atoms with van der Waals surface area (Å²) in [6, 6.07) is 2.59. The van der Waals surface area contributed by atoms with Gasteiger partial charge in [0.1, 0.15) is 11.8 Å². The molecule has 0 bridgehead atoms. The normalized spacial score (nSPS) is 12.8. The molecule has 10 heteroatoms. The van der Waals surface area contributed by atoms with Crippen LogP contribution in [0, 0.1) is 0 Å². The molecule has 0 saturated carbocycles. The monoisotopic (exact) mass is 422 g/mol. The van der Waals surface area contributed by atoms with Crippen molar-refractivity contribution in [1.82, 2.24) is 0 Å². The van der Waals surface area contributed by atoms with Gasteiger partial charge < -0.3 is 18.9 Å². The summed E-state index contributed by atoms with van der Waals surface area (Å²) in [7, 11) is 14.2. The second-order valence-corrected chi connectivity index (χ2v) is 14.7. The van der Waals surface area contributed by atoms with Crippen molar-refractivity contribution in [2.45, 2.75) is 36.8 Å². The maximum Gasteiger partial charge on any atom is 0.134 e. The molecule has 0 unspecified atom stereocenters.